The van der Waals surface area contributed by atoms with Crippen molar-refractivity contribution in [2.45, 2.75) is 10.8 Å². The number of aromatic amines is 1. The summed E-state index contributed by atoms with van der Waals surface area (Å²) < 4.78 is 0. The number of nitrogens with two attached hydrogens (primary N) is 1. The lowest BCUT2D eigenvalue weighted by molar-refractivity contribution is 1.10. The molecule has 3 aromatic rings. The molecule has 3 N–H and O–H groups in total. The first-order valence-electron chi connectivity index (χ1n) is 5.59. The molecule has 0 amide bonds. The molecule has 0 aliphatic rings. The van der Waals surface area contributed by atoms with Crippen molar-refractivity contribution in [3.8, 4) is 0 Å². The van der Waals surface area contributed by atoms with Gasteiger partial charge in [-0.3, -0.25) is 0 Å². The topological polar surface area (TPSA) is 67.6 Å². The third-order valence-electron chi connectivity index (χ3n) is 2.55. The number of H-pyrrole nitrogens is 1. The van der Waals surface area contributed by atoms with Crippen molar-refractivity contribution >= 4 is 28.5 Å². The number of hydrogen-bond donors (Lipinski definition) is 2. The number of para-hydroxylation sites is 2. The van der Waals surface area contributed by atoms with E-state index < -0.39 is 0 Å². The molecule has 5 heteroatoms. The largest absolute Gasteiger partial charge is 0.397 e. The number of benzene rings is 1. The van der Waals surface area contributed by atoms with E-state index in [1.165, 1.54) is 0 Å². The van der Waals surface area contributed by atoms with Gasteiger partial charge in [0.05, 0.1) is 33.7 Å². The number of pyridine rings is 1. The third-order valence-corrected chi connectivity index (χ3v) is 3.51. The second-order valence-electron chi connectivity index (χ2n) is 3.92. The summed E-state index contributed by atoms with van der Waals surface area (Å²) in [6.45, 7) is 0. The van der Waals surface area contributed by atoms with Crippen molar-refractivity contribution in [2.75, 3.05) is 5.73 Å². The van der Waals surface area contributed by atoms with Crippen LogP contribution in [0.25, 0.3) is 11.0 Å². The fourth-order valence-corrected chi connectivity index (χ4v) is 2.41. The van der Waals surface area contributed by atoms with Gasteiger partial charge in [0.15, 0.2) is 0 Å². The van der Waals surface area contributed by atoms with Gasteiger partial charge in [-0.2, -0.15) is 0 Å². The van der Waals surface area contributed by atoms with E-state index in [0.29, 0.717) is 5.69 Å². The molecule has 0 saturated carbocycles. The van der Waals surface area contributed by atoms with Crippen LogP contribution < -0.4 is 5.73 Å². The van der Waals surface area contributed by atoms with Gasteiger partial charge < -0.3 is 10.7 Å². The Balaban J connectivity index is 1.74. The fourth-order valence-electron chi connectivity index (χ4n) is 1.69. The number of fused-ring (bicyclic) bond motifs is 1. The van der Waals surface area contributed by atoms with E-state index in [9.17, 15) is 0 Å². The van der Waals surface area contributed by atoms with Crippen molar-refractivity contribution in [2.24, 2.45) is 0 Å². The molecule has 4 nitrogen and oxygen atoms in total. The van der Waals surface area contributed by atoms with Crippen LogP contribution in [0, 0.1) is 0 Å². The number of rotatable bonds is 3. The number of thioether (sulfide) groups is 1. The average Bonchev–Trinajstić information content (AvgIpc) is 2.81. The molecule has 2 heterocycles. The minimum absolute atomic E-state index is 0.683. The minimum atomic E-state index is 0.683. The maximum absolute atomic E-state index is 5.59. The Morgan fingerprint density at radius 1 is 1.17 bits per heavy atom. The van der Waals surface area contributed by atoms with Crippen LogP contribution in [-0.4, -0.2) is 15.0 Å². The summed E-state index contributed by atoms with van der Waals surface area (Å²) in [7, 11) is 0. The molecule has 0 aliphatic carbocycles. The molecule has 0 radical (unpaired) electrons. The van der Waals surface area contributed by atoms with Gasteiger partial charge in [-0.25, -0.2) is 9.97 Å². The highest BCUT2D eigenvalue weighted by atomic mass is 32.2. The summed E-state index contributed by atoms with van der Waals surface area (Å²) in [6.07, 6.45) is 1.67. The van der Waals surface area contributed by atoms with E-state index >= 15 is 0 Å². The van der Waals surface area contributed by atoms with Crippen LogP contribution in [0.4, 0.5) is 5.69 Å². The number of nitrogen functional groups attached to an aromatic ring is 1. The Bertz CT molecular complexity index is 627. The van der Waals surface area contributed by atoms with Gasteiger partial charge in [0.25, 0.3) is 0 Å². The van der Waals surface area contributed by atoms with Crippen LogP contribution in [0.15, 0.2) is 47.6 Å². The van der Waals surface area contributed by atoms with E-state index in [0.717, 1.165) is 27.6 Å². The smallest absolute Gasteiger partial charge is 0.117 e. The first-order chi connectivity index (χ1) is 8.81. The van der Waals surface area contributed by atoms with Crippen molar-refractivity contribution in [3.05, 3.63) is 48.4 Å². The van der Waals surface area contributed by atoms with Crippen molar-refractivity contribution in [1.82, 2.24) is 15.0 Å². The molecule has 0 spiro atoms. The molecule has 0 aliphatic heterocycles. The summed E-state index contributed by atoms with van der Waals surface area (Å²) in [5, 5.41) is 0.949. The highest BCUT2D eigenvalue weighted by Gasteiger charge is 2.03. The number of hydrogen-bond acceptors (Lipinski definition) is 4. The van der Waals surface area contributed by atoms with Crippen molar-refractivity contribution in [1.29, 1.82) is 0 Å². The SMILES string of the molecule is Nc1ccc(SCc2nc3ccccc3[nH]2)nc1. The lowest BCUT2D eigenvalue weighted by atomic mass is 10.3. The van der Waals surface area contributed by atoms with Gasteiger partial charge >= 0.3 is 0 Å². The number of imidazole rings is 1. The summed E-state index contributed by atoms with van der Waals surface area (Å²) in [6, 6.07) is 11.8. The highest BCUT2D eigenvalue weighted by Crippen LogP contribution is 2.21. The van der Waals surface area contributed by atoms with Gasteiger partial charge in [0.1, 0.15) is 5.82 Å². The average molecular weight is 256 g/mol. The second kappa shape index (κ2) is 4.70. The van der Waals surface area contributed by atoms with Crippen LogP contribution >= 0.6 is 11.8 Å². The van der Waals surface area contributed by atoms with Gasteiger partial charge in [-0.1, -0.05) is 23.9 Å². The minimum Gasteiger partial charge on any atom is -0.397 e. The van der Waals surface area contributed by atoms with E-state index in [2.05, 4.69) is 15.0 Å². The number of anilines is 1. The Hall–Kier alpha value is -2.01. The van der Waals surface area contributed by atoms with Gasteiger partial charge in [0, 0.05) is 0 Å². The monoisotopic (exact) mass is 256 g/mol. The molecule has 1 aromatic carbocycles. The fraction of sp³-hybridized carbons (Fsp3) is 0.0769. The second-order valence-corrected chi connectivity index (χ2v) is 4.91. The number of nitrogens with zero attached hydrogens (tertiary/aromatic N) is 2. The predicted molar refractivity (Wildman–Crippen MR) is 74.3 cm³/mol. The molecule has 0 fully saturated rings. The number of aromatic nitrogens is 3. The third kappa shape index (κ3) is 2.31. The maximum atomic E-state index is 5.59. The van der Waals surface area contributed by atoms with Gasteiger partial charge in [-0.15, -0.1) is 0 Å². The highest BCUT2D eigenvalue weighted by molar-refractivity contribution is 7.98. The maximum Gasteiger partial charge on any atom is 0.117 e. The van der Waals surface area contributed by atoms with E-state index in [4.69, 9.17) is 5.73 Å². The zero-order valence-corrected chi connectivity index (χ0v) is 10.4. The molecular weight excluding hydrogens is 244 g/mol. The van der Waals surface area contributed by atoms with Crippen LogP contribution in [-0.2, 0) is 5.75 Å². The first kappa shape index (κ1) is 11.1. The molecule has 0 atom stereocenters. The quantitative estimate of drug-likeness (QED) is 0.707. The van der Waals surface area contributed by atoms with Crippen LogP contribution in [0.2, 0.25) is 0 Å². The molecule has 18 heavy (non-hydrogen) atoms. The number of nitrogens with one attached hydrogen (secondary N) is 1. The normalized spacial score (nSPS) is 10.9. The van der Waals surface area contributed by atoms with Crippen molar-refractivity contribution in [3.63, 3.8) is 0 Å². The summed E-state index contributed by atoms with van der Waals surface area (Å²) in [5.74, 6) is 1.73. The Morgan fingerprint density at radius 2 is 2.06 bits per heavy atom. The van der Waals surface area contributed by atoms with Crippen LogP contribution in [0.3, 0.4) is 0 Å². The standard InChI is InChI=1S/C13H12N4S/c14-9-5-6-13(15-7-9)18-8-12-16-10-3-1-2-4-11(10)17-12/h1-7H,8,14H2,(H,16,17). The zero-order chi connectivity index (χ0) is 12.4. The summed E-state index contributed by atoms with van der Waals surface area (Å²) in [4.78, 5) is 12.1. The Morgan fingerprint density at radius 3 is 2.83 bits per heavy atom. The van der Waals surface area contributed by atoms with Gasteiger partial charge in [-0.05, 0) is 24.3 Å². The molecule has 90 valence electrons. The molecule has 0 unspecified atom stereocenters. The van der Waals surface area contributed by atoms with Crippen LogP contribution in [0.1, 0.15) is 5.82 Å². The molecule has 3 rings (SSSR count). The molecular formula is C13H12N4S. The van der Waals surface area contributed by atoms with Gasteiger partial charge in [0.2, 0.25) is 0 Å². The molecule has 0 bridgehead atoms. The lowest BCUT2D eigenvalue weighted by Gasteiger charge is -1.98. The first-order valence-corrected chi connectivity index (χ1v) is 6.58. The van der Waals surface area contributed by atoms with Crippen molar-refractivity contribution < 1.29 is 0 Å². The van der Waals surface area contributed by atoms with Crippen LogP contribution in [0.5, 0.6) is 0 Å². The van der Waals surface area contributed by atoms with E-state index in [1.54, 1.807) is 18.0 Å². The lowest BCUT2D eigenvalue weighted by Crippen LogP contribution is -1.88. The molecule has 2 aromatic heterocycles. The predicted octanol–water partition coefficient (Wildman–Crippen LogP) is 2.83. The zero-order valence-electron chi connectivity index (χ0n) is 9.63. The Labute approximate surface area is 109 Å². The molecule has 0 saturated heterocycles. The Kier molecular flexibility index (Phi) is 2.90. The van der Waals surface area contributed by atoms with E-state index in [1.807, 2.05) is 36.4 Å². The summed E-state index contributed by atoms with van der Waals surface area (Å²) in [5.41, 5.74) is 8.34. The van der Waals surface area contributed by atoms with E-state index in [-0.39, 0.29) is 0 Å². The summed E-state index contributed by atoms with van der Waals surface area (Å²) >= 11 is 1.64.